The van der Waals surface area contributed by atoms with Crippen LogP contribution in [-0.4, -0.2) is 0 Å². The molecular formula is C18H12Cl2. The normalized spacial score (nSPS) is 10.5. The smallest absolute Gasteiger partial charge is 0.0484 e. The Bertz CT molecular complexity index is 687. The lowest BCUT2D eigenvalue weighted by atomic mass is 9.99. The molecule has 0 spiro atoms. The third-order valence-corrected chi connectivity index (χ3v) is 3.89. The Balaban J connectivity index is 2.12. The molecule has 0 bridgehead atoms. The summed E-state index contributed by atoms with van der Waals surface area (Å²) in [5, 5.41) is 1.51. The third-order valence-electron chi connectivity index (χ3n) is 3.23. The third kappa shape index (κ3) is 2.58. The van der Waals surface area contributed by atoms with Crippen LogP contribution >= 0.6 is 23.2 Å². The maximum Gasteiger partial charge on any atom is 0.0484 e. The van der Waals surface area contributed by atoms with Crippen molar-refractivity contribution >= 4 is 23.2 Å². The fourth-order valence-electron chi connectivity index (χ4n) is 2.24. The van der Waals surface area contributed by atoms with Gasteiger partial charge in [0.2, 0.25) is 0 Å². The SMILES string of the molecule is Clc1ccccc1-c1cccc(-c2ccccc2Cl)c1. The molecular weight excluding hydrogens is 287 g/mol. The van der Waals surface area contributed by atoms with Gasteiger partial charge in [0.05, 0.1) is 0 Å². The highest BCUT2D eigenvalue weighted by molar-refractivity contribution is 6.34. The minimum Gasteiger partial charge on any atom is -0.0837 e. The largest absolute Gasteiger partial charge is 0.0837 e. The van der Waals surface area contributed by atoms with Crippen LogP contribution in [0.3, 0.4) is 0 Å². The summed E-state index contributed by atoms with van der Waals surface area (Å²) in [5.41, 5.74) is 4.24. The summed E-state index contributed by atoms with van der Waals surface area (Å²) in [5.74, 6) is 0. The van der Waals surface area contributed by atoms with E-state index in [4.69, 9.17) is 23.2 Å². The molecule has 98 valence electrons. The van der Waals surface area contributed by atoms with Gasteiger partial charge in [-0.2, -0.15) is 0 Å². The topological polar surface area (TPSA) is 0 Å². The Hall–Kier alpha value is -1.76. The average molecular weight is 299 g/mol. The molecule has 20 heavy (non-hydrogen) atoms. The zero-order valence-electron chi connectivity index (χ0n) is 10.7. The first kappa shape index (κ1) is 13.2. The van der Waals surface area contributed by atoms with E-state index in [1.165, 1.54) is 0 Å². The van der Waals surface area contributed by atoms with Gasteiger partial charge in [0, 0.05) is 21.2 Å². The lowest BCUT2D eigenvalue weighted by molar-refractivity contribution is 1.59. The monoisotopic (exact) mass is 298 g/mol. The molecule has 0 unspecified atom stereocenters. The second-order valence-corrected chi connectivity index (χ2v) is 5.35. The van der Waals surface area contributed by atoms with Gasteiger partial charge in [0.25, 0.3) is 0 Å². The molecule has 0 fully saturated rings. The molecule has 0 nitrogen and oxygen atoms in total. The highest BCUT2D eigenvalue weighted by atomic mass is 35.5. The summed E-state index contributed by atoms with van der Waals surface area (Å²) in [7, 11) is 0. The van der Waals surface area contributed by atoms with E-state index in [2.05, 4.69) is 18.2 Å². The van der Waals surface area contributed by atoms with E-state index in [-0.39, 0.29) is 0 Å². The van der Waals surface area contributed by atoms with Gasteiger partial charge in [-0.05, 0) is 29.3 Å². The molecule has 0 aliphatic carbocycles. The summed E-state index contributed by atoms with van der Waals surface area (Å²) in [6.07, 6.45) is 0. The van der Waals surface area contributed by atoms with Gasteiger partial charge in [-0.15, -0.1) is 0 Å². The standard InChI is InChI=1S/C18H12Cl2/c19-17-10-3-1-8-15(17)13-6-5-7-14(12-13)16-9-2-4-11-18(16)20/h1-12H. The molecule has 0 atom stereocenters. The predicted octanol–water partition coefficient (Wildman–Crippen LogP) is 6.33. The Labute approximate surface area is 128 Å². The fraction of sp³-hybridized carbons (Fsp3) is 0. The van der Waals surface area contributed by atoms with Gasteiger partial charge in [0.15, 0.2) is 0 Å². The van der Waals surface area contributed by atoms with E-state index >= 15 is 0 Å². The predicted molar refractivity (Wildman–Crippen MR) is 87.3 cm³/mol. The van der Waals surface area contributed by atoms with E-state index in [9.17, 15) is 0 Å². The molecule has 0 amide bonds. The maximum atomic E-state index is 6.26. The molecule has 3 aromatic carbocycles. The van der Waals surface area contributed by atoms with Crippen LogP contribution in [0.1, 0.15) is 0 Å². The summed E-state index contributed by atoms with van der Waals surface area (Å²) < 4.78 is 0. The minimum absolute atomic E-state index is 0.754. The summed E-state index contributed by atoms with van der Waals surface area (Å²) >= 11 is 12.5. The van der Waals surface area contributed by atoms with Crippen molar-refractivity contribution in [1.82, 2.24) is 0 Å². The van der Waals surface area contributed by atoms with E-state index in [1.807, 2.05) is 54.6 Å². The van der Waals surface area contributed by atoms with Crippen LogP contribution in [0.2, 0.25) is 10.0 Å². The van der Waals surface area contributed by atoms with Crippen molar-refractivity contribution in [3.05, 3.63) is 82.8 Å². The quantitative estimate of drug-likeness (QED) is 0.519. The zero-order chi connectivity index (χ0) is 13.9. The summed E-state index contributed by atoms with van der Waals surface area (Å²) in [6, 6.07) is 23.9. The van der Waals surface area contributed by atoms with Crippen molar-refractivity contribution < 1.29 is 0 Å². The van der Waals surface area contributed by atoms with Gasteiger partial charge in [-0.3, -0.25) is 0 Å². The van der Waals surface area contributed by atoms with Gasteiger partial charge in [-0.1, -0.05) is 77.8 Å². The summed E-state index contributed by atoms with van der Waals surface area (Å²) in [4.78, 5) is 0. The van der Waals surface area contributed by atoms with Crippen molar-refractivity contribution in [1.29, 1.82) is 0 Å². The van der Waals surface area contributed by atoms with Gasteiger partial charge >= 0.3 is 0 Å². The Morgan fingerprint density at radius 2 is 0.950 bits per heavy atom. The number of benzene rings is 3. The molecule has 0 heterocycles. The molecule has 0 aromatic heterocycles. The molecule has 0 aliphatic heterocycles. The lowest BCUT2D eigenvalue weighted by Gasteiger charge is -2.08. The Morgan fingerprint density at radius 3 is 1.40 bits per heavy atom. The van der Waals surface area contributed by atoms with Crippen molar-refractivity contribution in [3.8, 4) is 22.3 Å². The molecule has 0 N–H and O–H groups in total. The van der Waals surface area contributed by atoms with Gasteiger partial charge < -0.3 is 0 Å². The molecule has 2 heteroatoms. The number of hydrogen-bond donors (Lipinski definition) is 0. The van der Waals surface area contributed by atoms with Crippen LogP contribution in [0.25, 0.3) is 22.3 Å². The van der Waals surface area contributed by atoms with Crippen molar-refractivity contribution in [2.45, 2.75) is 0 Å². The van der Waals surface area contributed by atoms with E-state index in [0.717, 1.165) is 32.3 Å². The molecule has 0 saturated carbocycles. The summed E-state index contributed by atoms with van der Waals surface area (Å²) in [6.45, 7) is 0. The first-order chi connectivity index (χ1) is 9.75. The molecule has 0 saturated heterocycles. The highest BCUT2D eigenvalue weighted by Crippen LogP contribution is 2.33. The van der Waals surface area contributed by atoms with Gasteiger partial charge in [0.1, 0.15) is 0 Å². The zero-order valence-corrected chi connectivity index (χ0v) is 12.2. The second kappa shape index (κ2) is 5.70. The molecule has 3 rings (SSSR count). The number of hydrogen-bond acceptors (Lipinski definition) is 0. The number of halogens is 2. The molecule has 0 aliphatic rings. The van der Waals surface area contributed by atoms with Crippen molar-refractivity contribution in [2.24, 2.45) is 0 Å². The van der Waals surface area contributed by atoms with Crippen molar-refractivity contribution in [2.75, 3.05) is 0 Å². The maximum absolute atomic E-state index is 6.26. The Morgan fingerprint density at radius 1 is 0.500 bits per heavy atom. The fourth-order valence-corrected chi connectivity index (χ4v) is 2.73. The lowest BCUT2D eigenvalue weighted by Crippen LogP contribution is -1.83. The minimum atomic E-state index is 0.754. The number of rotatable bonds is 2. The Kier molecular flexibility index (Phi) is 3.77. The van der Waals surface area contributed by atoms with Crippen LogP contribution in [0.15, 0.2) is 72.8 Å². The van der Waals surface area contributed by atoms with Crippen molar-refractivity contribution in [3.63, 3.8) is 0 Å². The average Bonchev–Trinajstić information content (AvgIpc) is 2.48. The molecule has 3 aromatic rings. The van der Waals surface area contributed by atoms with Crippen LogP contribution in [0.5, 0.6) is 0 Å². The first-order valence-corrected chi connectivity index (χ1v) is 7.11. The van der Waals surface area contributed by atoms with E-state index in [0.29, 0.717) is 0 Å². The van der Waals surface area contributed by atoms with Gasteiger partial charge in [-0.25, -0.2) is 0 Å². The van der Waals surface area contributed by atoms with E-state index in [1.54, 1.807) is 0 Å². The molecule has 0 radical (unpaired) electrons. The van der Waals surface area contributed by atoms with Crippen LogP contribution in [-0.2, 0) is 0 Å². The first-order valence-electron chi connectivity index (χ1n) is 6.35. The van der Waals surface area contributed by atoms with Crippen LogP contribution in [0, 0.1) is 0 Å². The second-order valence-electron chi connectivity index (χ2n) is 4.54. The van der Waals surface area contributed by atoms with Crippen LogP contribution < -0.4 is 0 Å². The highest BCUT2D eigenvalue weighted by Gasteiger charge is 2.06. The van der Waals surface area contributed by atoms with Crippen LogP contribution in [0.4, 0.5) is 0 Å². The van der Waals surface area contributed by atoms with E-state index < -0.39 is 0 Å².